The van der Waals surface area contributed by atoms with Gasteiger partial charge in [0.15, 0.2) is 0 Å². The Morgan fingerprint density at radius 2 is 1.72 bits per heavy atom. The Morgan fingerprint density at radius 1 is 1.06 bits per heavy atom. The molecule has 0 aliphatic carbocycles. The first-order valence-electron chi connectivity index (χ1n) is 10.5. The fraction of sp³-hybridized carbons (Fsp3) is 0.292. The van der Waals surface area contributed by atoms with Crippen molar-refractivity contribution in [2.24, 2.45) is 0 Å². The van der Waals surface area contributed by atoms with Crippen molar-refractivity contribution in [1.29, 1.82) is 0 Å². The molecule has 0 unspecified atom stereocenters. The standard InChI is InChI=1S/C24H26FN3O3S/c1-3-27(4-2)16-18-5-9-19(10-6-18)22(29)26-13-14-28-23(30)21(32-24(28)31)15-17-7-11-20(25)12-8-17/h5-12,15H,3-4,13-14,16H2,1-2H3,(H,26,29)/b21-15-. The molecule has 168 valence electrons. The summed E-state index contributed by atoms with van der Waals surface area (Å²) in [6.07, 6.45) is 1.56. The van der Waals surface area contributed by atoms with Crippen molar-refractivity contribution in [3.05, 3.63) is 75.9 Å². The van der Waals surface area contributed by atoms with E-state index in [0.717, 1.165) is 41.9 Å². The number of carbonyl (C=O) groups excluding carboxylic acids is 3. The van der Waals surface area contributed by atoms with Crippen molar-refractivity contribution in [2.75, 3.05) is 26.2 Å². The second-order valence-corrected chi connectivity index (χ2v) is 8.29. The zero-order valence-corrected chi connectivity index (χ0v) is 19.0. The molecule has 1 N–H and O–H groups in total. The Labute approximate surface area is 191 Å². The SMILES string of the molecule is CCN(CC)Cc1ccc(C(=O)NCCN2C(=O)S/C(=C\c3ccc(F)cc3)C2=O)cc1. The van der Waals surface area contributed by atoms with Crippen molar-refractivity contribution in [3.8, 4) is 0 Å². The summed E-state index contributed by atoms with van der Waals surface area (Å²) in [4.78, 5) is 40.8. The Kier molecular flexibility index (Phi) is 8.19. The maximum Gasteiger partial charge on any atom is 0.293 e. The molecule has 1 aliphatic heterocycles. The Morgan fingerprint density at radius 3 is 2.34 bits per heavy atom. The Hall–Kier alpha value is -2.97. The van der Waals surface area contributed by atoms with Gasteiger partial charge in [-0.15, -0.1) is 0 Å². The molecule has 3 amide bonds. The third-order valence-corrected chi connectivity index (χ3v) is 6.09. The number of imide groups is 1. The van der Waals surface area contributed by atoms with Gasteiger partial charge >= 0.3 is 0 Å². The third-order valence-electron chi connectivity index (χ3n) is 5.18. The number of carbonyl (C=O) groups is 3. The summed E-state index contributed by atoms with van der Waals surface area (Å²) in [5.74, 6) is -1.04. The summed E-state index contributed by atoms with van der Waals surface area (Å²) in [5.41, 5.74) is 2.30. The number of hydrogen-bond donors (Lipinski definition) is 1. The average Bonchev–Trinajstić information content (AvgIpc) is 3.06. The van der Waals surface area contributed by atoms with Gasteiger partial charge in [-0.05, 0) is 66.3 Å². The summed E-state index contributed by atoms with van der Waals surface area (Å²) < 4.78 is 13.0. The summed E-state index contributed by atoms with van der Waals surface area (Å²) in [5, 5.41) is 2.36. The monoisotopic (exact) mass is 455 g/mol. The van der Waals surface area contributed by atoms with Crippen LogP contribution in [0.15, 0.2) is 53.4 Å². The third kappa shape index (κ3) is 6.05. The lowest BCUT2D eigenvalue weighted by atomic mass is 10.1. The molecule has 1 saturated heterocycles. The zero-order valence-electron chi connectivity index (χ0n) is 18.1. The molecule has 8 heteroatoms. The fourth-order valence-electron chi connectivity index (χ4n) is 3.25. The van der Waals surface area contributed by atoms with E-state index in [2.05, 4.69) is 24.1 Å². The van der Waals surface area contributed by atoms with Crippen LogP contribution in [0.4, 0.5) is 9.18 Å². The second kappa shape index (κ2) is 11.1. The van der Waals surface area contributed by atoms with E-state index >= 15 is 0 Å². The first-order chi connectivity index (χ1) is 15.4. The van der Waals surface area contributed by atoms with Crippen molar-refractivity contribution in [1.82, 2.24) is 15.1 Å². The molecular formula is C24H26FN3O3S. The predicted octanol–water partition coefficient (Wildman–Crippen LogP) is 4.13. The lowest BCUT2D eigenvalue weighted by Gasteiger charge is -2.18. The van der Waals surface area contributed by atoms with Gasteiger partial charge in [0, 0.05) is 25.2 Å². The van der Waals surface area contributed by atoms with Crippen LogP contribution in [0.3, 0.4) is 0 Å². The van der Waals surface area contributed by atoms with Gasteiger partial charge in [-0.25, -0.2) is 4.39 Å². The summed E-state index contributed by atoms with van der Waals surface area (Å²) >= 11 is 0.834. The minimum absolute atomic E-state index is 0.0806. The quantitative estimate of drug-likeness (QED) is 0.576. The fourth-order valence-corrected chi connectivity index (χ4v) is 4.12. The lowest BCUT2D eigenvalue weighted by Crippen LogP contribution is -2.37. The minimum Gasteiger partial charge on any atom is -0.350 e. The van der Waals surface area contributed by atoms with E-state index in [-0.39, 0.29) is 29.7 Å². The van der Waals surface area contributed by atoms with Crippen molar-refractivity contribution in [2.45, 2.75) is 20.4 Å². The summed E-state index contributed by atoms with van der Waals surface area (Å²) in [7, 11) is 0. The highest BCUT2D eigenvalue weighted by Gasteiger charge is 2.34. The molecule has 0 aromatic heterocycles. The van der Waals surface area contributed by atoms with Gasteiger partial charge in [-0.2, -0.15) is 0 Å². The number of hydrogen-bond acceptors (Lipinski definition) is 5. The van der Waals surface area contributed by atoms with E-state index in [0.29, 0.717) is 11.1 Å². The van der Waals surface area contributed by atoms with Crippen LogP contribution < -0.4 is 5.32 Å². The molecule has 0 spiro atoms. The molecule has 0 saturated carbocycles. The second-order valence-electron chi connectivity index (χ2n) is 7.30. The highest BCUT2D eigenvalue weighted by Crippen LogP contribution is 2.31. The van der Waals surface area contributed by atoms with E-state index in [1.807, 2.05) is 12.1 Å². The highest BCUT2D eigenvalue weighted by molar-refractivity contribution is 8.18. The van der Waals surface area contributed by atoms with Crippen molar-refractivity contribution in [3.63, 3.8) is 0 Å². The van der Waals surface area contributed by atoms with Crippen LogP contribution >= 0.6 is 11.8 Å². The molecule has 2 aromatic rings. The molecule has 0 bridgehead atoms. The number of halogens is 1. The largest absolute Gasteiger partial charge is 0.350 e. The number of nitrogens with one attached hydrogen (secondary N) is 1. The van der Waals surface area contributed by atoms with Crippen LogP contribution in [0.2, 0.25) is 0 Å². The van der Waals surface area contributed by atoms with E-state index in [9.17, 15) is 18.8 Å². The van der Waals surface area contributed by atoms with Crippen LogP contribution in [0.5, 0.6) is 0 Å². The number of benzene rings is 2. The molecule has 32 heavy (non-hydrogen) atoms. The number of amides is 3. The summed E-state index contributed by atoms with van der Waals surface area (Å²) in [6.45, 7) is 7.22. The highest BCUT2D eigenvalue weighted by atomic mass is 32.2. The average molecular weight is 456 g/mol. The molecule has 0 atom stereocenters. The van der Waals surface area contributed by atoms with Gasteiger partial charge in [-0.3, -0.25) is 24.2 Å². The number of thioether (sulfide) groups is 1. The van der Waals surface area contributed by atoms with E-state index in [4.69, 9.17) is 0 Å². The van der Waals surface area contributed by atoms with Gasteiger partial charge in [0.1, 0.15) is 5.82 Å². The normalized spacial score (nSPS) is 15.1. The van der Waals surface area contributed by atoms with Gasteiger partial charge in [-0.1, -0.05) is 38.1 Å². The minimum atomic E-state index is -0.417. The first kappa shape index (κ1) is 23.7. The molecule has 1 fully saturated rings. The van der Waals surface area contributed by atoms with E-state index < -0.39 is 11.1 Å². The van der Waals surface area contributed by atoms with Crippen LogP contribution in [0, 0.1) is 5.82 Å². The lowest BCUT2D eigenvalue weighted by molar-refractivity contribution is -0.122. The molecule has 1 heterocycles. The van der Waals surface area contributed by atoms with Gasteiger partial charge in [0.2, 0.25) is 0 Å². The summed E-state index contributed by atoms with van der Waals surface area (Å²) in [6, 6.07) is 13.1. The van der Waals surface area contributed by atoms with Gasteiger partial charge in [0.25, 0.3) is 17.1 Å². The molecule has 2 aromatic carbocycles. The smallest absolute Gasteiger partial charge is 0.293 e. The van der Waals surface area contributed by atoms with Crippen LogP contribution in [-0.2, 0) is 11.3 Å². The maximum absolute atomic E-state index is 13.0. The van der Waals surface area contributed by atoms with E-state index in [1.54, 1.807) is 18.2 Å². The van der Waals surface area contributed by atoms with Crippen molar-refractivity contribution < 1.29 is 18.8 Å². The van der Waals surface area contributed by atoms with Gasteiger partial charge in [0.05, 0.1) is 4.91 Å². The van der Waals surface area contributed by atoms with Crippen LogP contribution in [-0.4, -0.2) is 53.0 Å². The van der Waals surface area contributed by atoms with E-state index in [1.165, 1.54) is 24.3 Å². The maximum atomic E-state index is 13.0. The Bertz CT molecular complexity index is 1000. The predicted molar refractivity (Wildman–Crippen MR) is 124 cm³/mol. The zero-order chi connectivity index (χ0) is 23.1. The van der Waals surface area contributed by atoms with Crippen LogP contribution in [0.1, 0.15) is 35.3 Å². The Balaban J connectivity index is 1.52. The topological polar surface area (TPSA) is 69.7 Å². The van der Waals surface area contributed by atoms with Crippen LogP contribution in [0.25, 0.3) is 6.08 Å². The molecule has 3 rings (SSSR count). The van der Waals surface area contributed by atoms with Crippen molar-refractivity contribution >= 4 is 34.9 Å². The molecule has 6 nitrogen and oxygen atoms in total. The number of nitrogens with zero attached hydrogens (tertiary/aromatic N) is 2. The molecule has 0 radical (unpaired) electrons. The van der Waals surface area contributed by atoms with Gasteiger partial charge < -0.3 is 5.32 Å². The molecule has 1 aliphatic rings. The first-order valence-corrected chi connectivity index (χ1v) is 11.3. The number of rotatable bonds is 9. The molecular weight excluding hydrogens is 429 g/mol.